The molecule has 1 aliphatic carbocycles. The summed E-state index contributed by atoms with van der Waals surface area (Å²) >= 11 is 0. The molecule has 0 N–H and O–H groups in total. The lowest BCUT2D eigenvalue weighted by atomic mass is 9.84. The molecular weight excluding hydrogens is 238 g/mol. The van der Waals surface area contributed by atoms with Crippen molar-refractivity contribution in [3.05, 3.63) is 36.0 Å². The second-order valence-corrected chi connectivity index (χ2v) is 5.34. The van der Waals surface area contributed by atoms with Crippen molar-refractivity contribution in [2.75, 3.05) is 0 Å². The summed E-state index contributed by atoms with van der Waals surface area (Å²) in [6, 6.07) is 9.91. The maximum atomic E-state index is 12.6. The van der Waals surface area contributed by atoms with Gasteiger partial charge in [-0.3, -0.25) is 9.59 Å². The standard InChI is InChI=1S/C16H17NO2/c1-17-14-8-3-2-5-11(14)10-15(17)16(19)12-6-4-7-13(18)9-12/h2-3,5,8,10,12H,4,6-7,9H2,1H3. The van der Waals surface area contributed by atoms with Gasteiger partial charge in [-0.15, -0.1) is 0 Å². The van der Waals surface area contributed by atoms with Crippen LogP contribution in [0.2, 0.25) is 0 Å². The number of hydrogen-bond acceptors (Lipinski definition) is 2. The number of benzene rings is 1. The topological polar surface area (TPSA) is 39.1 Å². The Morgan fingerprint density at radius 1 is 1.32 bits per heavy atom. The first kappa shape index (κ1) is 12.2. The van der Waals surface area contributed by atoms with Crippen LogP contribution in [-0.4, -0.2) is 16.1 Å². The maximum absolute atomic E-state index is 12.6. The van der Waals surface area contributed by atoms with E-state index in [9.17, 15) is 9.59 Å². The zero-order valence-electron chi connectivity index (χ0n) is 11.1. The van der Waals surface area contributed by atoms with Crippen molar-refractivity contribution in [3.63, 3.8) is 0 Å². The maximum Gasteiger partial charge on any atom is 0.182 e. The van der Waals surface area contributed by atoms with Gasteiger partial charge in [-0.25, -0.2) is 0 Å². The van der Waals surface area contributed by atoms with E-state index in [1.165, 1.54) is 0 Å². The van der Waals surface area contributed by atoms with Gasteiger partial charge in [0.2, 0.25) is 0 Å². The molecule has 0 radical (unpaired) electrons. The number of nitrogens with zero attached hydrogens (tertiary/aromatic N) is 1. The smallest absolute Gasteiger partial charge is 0.182 e. The molecule has 1 aliphatic rings. The van der Waals surface area contributed by atoms with Crippen LogP contribution >= 0.6 is 0 Å². The molecule has 1 aromatic carbocycles. The Morgan fingerprint density at radius 2 is 2.11 bits per heavy atom. The lowest BCUT2D eigenvalue weighted by molar-refractivity contribution is -0.121. The fourth-order valence-electron chi connectivity index (χ4n) is 2.98. The first-order valence-corrected chi connectivity index (χ1v) is 6.77. The van der Waals surface area contributed by atoms with Gasteiger partial charge in [-0.05, 0) is 25.0 Å². The van der Waals surface area contributed by atoms with Gasteiger partial charge in [0, 0.05) is 36.7 Å². The molecule has 1 fully saturated rings. The summed E-state index contributed by atoms with van der Waals surface area (Å²) in [5, 5.41) is 1.08. The number of fused-ring (bicyclic) bond motifs is 1. The van der Waals surface area contributed by atoms with Crippen LogP contribution < -0.4 is 0 Å². The highest BCUT2D eigenvalue weighted by Gasteiger charge is 2.28. The predicted octanol–water partition coefficient (Wildman–Crippen LogP) is 3.12. The number of ketones is 2. The number of aryl methyl sites for hydroxylation is 1. The molecule has 0 bridgehead atoms. The quantitative estimate of drug-likeness (QED) is 0.773. The number of rotatable bonds is 2. The van der Waals surface area contributed by atoms with Gasteiger partial charge in [-0.2, -0.15) is 0 Å². The Balaban J connectivity index is 1.97. The fraction of sp³-hybridized carbons (Fsp3) is 0.375. The number of hydrogen-bond donors (Lipinski definition) is 0. The molecular formula is C16H17NO2. The summed E-state index contributed by atoms with van der Waals surface area (Å²) in [6.45, 7) is 0. The van der Waals surface area contributed by atoms with E-state index >= 15 is 0 Å². The molecule has 0 aliphatic heterocycles. The number of aromatic nitrogens is 1. The minimum Gasteiger partial charge on any atom is -0.341 e. The van der Waals surface area contributed by atoms with E-state index in [2.05, 4.69) is 0 Å². The van der Waals surface area contributed by atoms with Crippen LogP contribution in [0.25, 0.3) is 10.9 Å². The molecule has 0 saturated heterocycles. The van der Waals surface area contributed by atoms with E-state index in [0.29, 0.717) is 12.8 Å². The lowest BCUT2D eigenvalue weighted by Gasteiger charge is -2.19. The van der Waals surface area contributed by atoms with Gasteiger partial charge >= 0.3 is 0 Å². The van der Waals surface area contributed by atoms with E-state index in [1.54, 1.807) is 0 Å². The summed E-state index contributed by atoms with van der Waals surface area (Å²) in [7, 11) is 1.92. The number of carbonyl (C=O) groups excluding carboxylic acids is 2. The highest BCUT2D eigenvalue weighted by molar-refractivity contribution is 6.03. The minimum atomic E-state index is -0.121. The second kappa shape index (κ2) is 4.65. The van der Waals surface area contributed by atoms with E-state index < -0.39 is 0 Å². The van der Waals surface area contributed by atoms with E-state index in [0.717, 1.165) is 29.4 Å². The molecule has 1 unspecified atom stereocenters. The Bertz CT molecular complexity index is 654. The predicted molar refractivity (Wildman–Crippen MR) is 74.2 cm³/mol. The van der Waals surface area contributed by atoms with Gasteiger partial charge in [0.25, 0.3) is 0 Å². The van der Waals surface area contributed by atoms with Crippen molar-refractivity contribution in [2.24, 2.45) is 13.0 Å². The van der Waals surface area contributed by atoms with Crippen LogP contribution in [0.15, 0.2) is 30.3 Å². The molecule has 3 rings (SSSR count). The van der Waals surface area contributed by atoms with Gasteiger partial charge < -0.3 is 4.57 Å². The first-order chi connectivity index (χ1) is 9.16. The van der Waals surface area contributed by atoms with Gasteiger partial charge in [0.1, 0.15) is 5.78 Å². The third-order valence-corrected chi connectivity index (χ3v) is 4.06. The molecule has 1 aromatic heterocycles. The normalized spacial score (nSPS) is 19.8. The van der Waals surface area contributed by atoms with Crippen molar-refractivity contribution >= 4 is 22.5 Å². The summed E-state index contributed by atoms with van der Waals surface area (Å²) in [4.78, 5) is 24.1. The molecule has 1 saturated carbocycles. The SMILES string of the molecule is Cn1c(C(=O)C2CCCC(=O)C2)cc2ccccc21. The Morgan fingerprint density at radius 3 is 2.84 bits per heavy atom. The van der Waals surface area contributed by atoms with Gasteiger partial charge in [0.05, 0.1) is 5.69 Å². The summed E-state index contributed by atoms with van der Waals surface area (Å²) < 4.78 is 1.94. The highest BCUT2D eigenvalue weighted by Crippen LogP contribution is 2.27. The molecule has 3 nitrogen and oxygen atoms in total. The van der Waals surface area contributed by atoms with E-state index in [1.807, 2.05) is 41.9 Å². The van der Waals surface area contributed by atoms with Crippen LogP contribution in [0.1, 0.15) is 36.2 Å². The molecule has 3 heteroatoms. The Kier molecular flexibility index (Phi) is 2.97. The van der Waals surface area contributed by atoms with Crippen molar-refractivity contribution in [2.45, 2.75) is 25.7 Å². The average Bonchev–Trinajstić information content (AvgIpc) is 2.76. The van der Waals surface area contributed by atoms with Crippen molar-refractivity contribution in [1.82, 2.24) is 4.57 Å². The van der Waals surface area contributed by atoms with E-state index in [4.69, 9.17) is 0 Å². The molecule has 0 spiro atoms. The van der Waals surface area contributed by atoms with Crippen LogP contribution in [0.4, 0.5) is 0 Å². The summed E-state index contributed by atoms with van der Waals surface area (Å²) in [5.74, 6) is 0.222. The lowest BCUT2D eigenvalue weighted by Crippen LogP contribution is -2.24. The third-order valence-electron chi connectivity index (χ3n) is 4.06. The van der Waals surface area contributed by atoms with Crippen molar-refractivity contribution in [3.8, 4) is 0 Å². The third kappa shape index (κ3) is 2.09. The number of para-hydroxylation sites is 1. The zero-order chi connectivity index (χ0) is 13.4. The molecule has 1 heterocycles. The van der Waals surface area contributed by atoms with E-state index in [-0.39, 0.29) is 17.5 Å². The number of carbonyl (C=O) groups is 2. The van der Waals surface area contributed by atoms with Crippen LogP contribution in [0.3, 0.4) is 0 Å². The molecule has 1 atom stereocenters. The highest BCUT2D eigenvalue weighted by atomic mass is 16.1. The first-order valence-electron chi connectivity index (χ1n) is 6.77. The van der Waals surface area contributed by atoms with Gasteiger partial charge in [0.15, 0.2) is 5.78 Å². The van der Waals surface area contributed by atoms with Crippen LogP contribution in [-0.2, 0) is 11.8 Å². The largest absolute Gasteiger partial charge is 0.341 e. The molecule has 19 heavy (non-hydrogen) atoms. The monoisotopic (exact) mass is 255 g/mol. The summed E-state index contributed by atoms with van der Waals surface area (Å²) in [6.07, 6.45) is 2.74. The second-order valence-electron chi connectivity index (χ2n) is 5.34. The molecule has 0 amide bonds. The van der Waals surface area contributed by atoms with Crippen molar-refractivity contribution in [1.29, 1.82) is 0 Å². The van der Waals surface area contributed by atoms with Crippen LogP contribution in [0.5, 0.6) is 0 Å². The Labute approximate surface area is 112 Å². The number of Topliss-reactive ketones (excluding diaryl/α,β-unsaturated/α-hetero) is 2. The molecule has 98 valence electrons. The van der Waals surface area contributed by atoms with Gasteiger partial charge in [-0.1, -0.05) is 18.2 Å². The Hall–Kier alpha value is -1.90. The molecule has 2 aromatic rings. The summed E-state index contributed by atoms with van der Waals surface area (Å²) in [5.41, 5.74) is 1.79. The fourth-order valence-corrected chi connectivity index (χ4v) is 2.98. The minimum absolute atomic E-state index is 0.117. The van der Waals surface area contributed by atoms with Crippen LogP contribution in [0, 0.1) is 5.92 Å². The zero-order valence-corrected chi connectivity index (χ0v) is 11.1. The average molecular weight is 255 g/mol. The van der Waals surface area contributed by atoms with Crippen molar-refractivity contribution < 1.29 is 9.59 Å².